The SMILES string of the molecule is CC(=O)N[S+](C)Nc1ccccc1. The van der Waals surface area contributed by atoms with E-state index in [0.29, 0.717) is 0 Å². The van der Waals surface area contributed by atoms with Crippen molar-refractivity contribution in [2.45, 2.75) is 6.92 Å². The van der Waals surface area contributed by atoms with Crippen molar-refractivity contribution >= 4 is 22.9 Å². The molecule has 70 valence electrons. The number of para-hydroxylation sites is 1. The topological polar surface area (TPSA) is 41.1 Å². The molecule has 1 unspecified atom stereocenters. The number of benzene rings is 1. The quantitative estimate of drug-likeness (QED) is 0.717. The first-order valence-electron chi connectivity index (χ1n) is 3.93. The van der Waals surface area contributed by atoms with Crippen LogP contribution in [0.25, 0.3) is 0 Å². The molecule has 1 amide bonds. The Morgan fingerprint density at radius 2 is 1.92 bits per heavy atom. The third-order valence-corrected chi connectivity index (χ3v) is 2.48. The Hall–Kier alpha value is -1.16. The van der Waals surface area contributed by atoms with Crippen LogP contribution in [0.2, 0.25) is 0 Å². The van der Waals surface area contributed by atoms with Gasteiger partial charge < -0.3 is 0 Å². The first kappa shape index (κ1) is 9.92. The highest BCUT2D eigenvalue weighted by Crippen LogP contribution is 2.06. The van der Waals surface area contributed by atoms with E-state index in [2.05, 4.69) is 9.44 Å². The summed E-state index contributed by atoms with van der Waals surface area (Å²) in [6, 6.07) is 9.79. The predicted molar refractivity (Wildman–Crippen MR) is 57.2 cm³/mol. The lowest BCUT2D eigenvalue weighted by Gasteiger charge is -2.03. The van der Waals surface area contributed by atoms with E-state index in [1.54, 1.807) is 0 Å². The molecule has 0 spiro atoms. The Kier molecular flexibility index (Phi) is 3.64. The molecule has 1 atom stereocenters. The second kappa shape index (κ2) is 4.77. The zero-order chi connectivity index (χ0) is 9.68. The fraction of sp³-hybridized carbons (Fsp3) is 0.222. The average Bonchev–Trinajstić information content (AvgIpc) is 2.04. The second-order valence-corrected chi connectivity index (χ2v) is 4.07. The number of hydrogen-bond acceptors (Lipinski definition) is 2. The smallest absolute Gasteiger partial charge is 0.259 e. The fourth-order valence-electron chi connectivity index (χ4n) is 0.924. The predicted octanol–water partition coefficient (Wildman–Crippen LogP) is 1.31. The van der Waals surface area contributed by atoms with Gasteiger partial charge >= 0.3 is 0 Å². The molecule has 0 radical (unpaired) electrons. The van der Waals surface area contributed by atoms with Gasteiger partial charge in [-0.15, -0.1) is 4.72 Å². The number of rotatable bonds is 3. The van der Waals surface area contributed by atoms with E-state index in [1.807, 2.05) is 36.6 Å². The maximum absolute atomic E-state index is 10.7. The van der Waals surface area contributed by atoms with Crippen molar-refractivity contribution in [3.05, 3.63) is 30.3 Å². The minimum atomic E-state index is -0.301. The van der Waals surface area contributed by atoms with Crippen LogP contribution >= 0.6 is 0 Å². The zero-order valence-corrected chi connectivity index (χ0v) is 8.52. The first-order chi connectivity index (χ1) is 6.18. The molecule has 0 aliphatic carbocycles. The van der Waals surface area contributed by atoms with E-state index >= 15 is 0 Å². The van der Waals surface area contributed by atoms with Crippen molar-refractivity contribution in [3.63, 3.8) is 0 Å². The van der Waals surface area contributed by atoms with Crippen LogP contribution in [0, 0.1) is 0 Å². The molecule has 13 heavy (non-hydrogen) atoms. The summed E-state index contributed by atoms with van der Waals surface area (Å²) >= 11 is -0.301. The molecule has 0 saturated carbocycles. The van der Waals surface area contributed by atoms with Gasteiger partial charge in [0.2, 0.25) is 11.3 Å². The van der Waals surface area contributed by atoms with Crippen molar-refractivity contribution in [1.82, 2.24) is 4.72 Å². The standard InChI is InChI=1S/C9H12N2OS/c1-8(12)10-13(2)11-9-6-4-3-5-7-9/h3-7H,1-2H3,(H,10,11,12)/p+1. The Morgan fingerprint density at radius 3 is 2.46 bits per heavy atom. The molecule has 0 bridgehead atoms. The van der Waals surface area contributed by atoms with E-state index in [1.165, 1.54) is 6.92 Å². The highest BCUT2D eigenvalue weighted by atomic mass is 32.2. The Labute approximate surface area is 81.1 Å². The van der Waals surface area contributed by atoms with E-state index in [9.17, 15) is 4.79 Å². The van der Waals surface area contributed by atoms with Gasteiger partial charge in [0.1, 0.15) is 6.26 Å². The van der Waals surface area contributed by atoms with Gasteiger partial charge in [0.15, 0.2) is 0 Å². The van der Waals surface area contributed by atoms with Gasteiger partial charge in [-0.25, -0.2) is 0 Å². The van der Waals surface area contributed by atoms with Crippen LogP contribution in [-0.2, 0) is 16.1 Å². The molecule has 0 fully saturated rings. The van der Waals surface area contributed by atoms with E-state index in [4.69, 9.17) is 0 Å². The Morgan fingerprint density at radius 1 is 1.31 bits per heavy atom. The summed E-state index contributed by atoms with van der Waals surface area (Å²) in [6.07, 6.45) is 1.92. The monoisotopic (exact) mass is 197 g/mol. The highest BCUT2D eigenvalue weighted by molar-refractivity contribution is 7.96. The van der Waals surface area contributed by atoms with Crippen molar-refractivity contribution < 1.29 is 4.79 Å². The Balaban J connectivity index is 2.45. The summed E-state index contributed by atoms with van der Waals surface area (Å²) in [4.78, 5) is 10.7. The third-order valence-electron chi connectivity index (χ3n) is 1.34. The van der Waals surface area contributed by atoms with Crippen molar-refractivity contribution in [3.8, 4) is 0 Å². The minimum Gasteiger partial charge on any atom is -0.271 e. The fourth-order valence-corrected chi connectivity index (χ4v) is 1.90. The summed E-state index contributed by atoms with van der Waals surface area (Å²) in [5, 5.41) is 0. The van der Waals surface area contributed by atoms with Crippen LogP contribution in [0.1, 0.15) is 6.92 Å². The summed E-state index contributed by atoms with van der Waals surface area (Å²) in [5.41, 5.74) is 1.02. The largest absolute Gasteiger partial charge is 0.271 e. The lowest BCUT2D eigenvalue weighted by molar-refractivity contribution is -0.117. The van der Waals surface area contributed by atoms with Gasteiger partial charge in [0.05, 0.1) is 5.69 Å². The summed E-state index contributed by atoms with van der Waals surface area (Å²) in [7, 11) is 0. The van der Waals surface area contributed by atoms with E-state index in [0.717, 1.165) is 5.69 Å². The lowest BCUT2D eigenvalue weighted by Crippen LogP contribution is -2.32. The molecular weight excluding hydrogens is 184 g/mol. The van der Waals surface area contributed by atoms with Crippen LogP contribution < -0.4 is 9.44 Å². The van der Waals surface area contributed by atoms with Gasteiger partial charge in [-0.1, -0.05) is 18.2 Å². The summed E-state index contributed by atoms with van der Waals surface area (Å²) in [6.45, 7) is 1.51. The van der Waals surface area contributed by atoms with Crippen LogP contribution in [0.15, 0.2) is 30.3 Å². The average molecular weight is 197 g/mol. The number of carbonyl (C=O) groups excluding carboxylic acids is 1. The maximum Gasteiger partial charge on any atom is 0.259 e. The van der Waals surface area contributed by atoms with Crippen LogP contribution in [0.4, 0.5) is 5.69 Å². The molecule has 1 aromatic rings. The van der Waals surface area contributed by atoms with Crippen LogP contribution in [0.5, 0.6) is 0 Å². The summed E-state index contributed by atoms with van der Waals surface area (Å²) < 4.78 is 5.94. The molecule has 0 saturated heterocycles. The number of hydrogen-bond donors (Lipinski definition) is 2. The molecule has 0 aliphatic rings. The number of carbonyl (C=O) groups is 1. The molecule has 2 N–H and O–H groups in total. The van der Waals surface area contributed by atoms with Crippen LogP contribution in [0.3, 0.4) is 0 Å². The molecule has 0 heterocycles. The molecule has 1 rings (SSSR count). The number of amides is 1. The van der Waals surface area contributed by atoms with E-state index in [-0.39, 0.29) is 17.2 Å². The highest BCUT2D eigenvalue weighted by Gasteiger charge is 2.12. The van der Waals surface area contributed by atoms with Crippen molar-refractivity contribution in [1.29, 1.82) is 0 Å². The lowest BCUT2D eigenvalue weighted by atomic mass is 10.3. The number of anilines is 1. The zero-order valence-electron chi connectivity index (χ0n) is 7.70. The van der Waals surface area contributed by atoms with Crippen molar-refractivity contribution in [2.75, 3.05) is 11.0 Å². The molecule has 1 aromatic carbocycles. The molecule has 0 aliphatic heterocycles. The van der Waals surface area contributed by atoms with Gasteiger partial charge in [-0.2, -0.15) is 4.72 Å². The Bertz CT molecular complexity index is 276. The first-order valence-corrected chi connectivity index (χ1v) is 5.56. The van der Waals surface area contributed by atoms with Gasteiger partial charge in [0.25, 0.3) is 5.91 Å². The second-order valence-electron chi connectivity index (χ2n) is 2.64. The van der Waals surface area contributed by atoms with E-state index < -0.39 is 0 Å². The van der Waals surface area contributed by atoms with Crippen molar-refractivity contribution in [2.24, 2.45) is 0 Å². The third kappa shape index (κ3) is 3.85. The minimum absolute atomic E-state index is 0.0192. The molecular formula is C9H13N2OS+. The molecule has 0 aromatic heterocycles. The van der Waals surface area contributed by atoms with Gasteiger partial charge in [-0.05, 0) is 12.1 Å². The van der Waals surface area contributed by atoms with Crippen LogP contribution in [-0.4, -0.2) is 12.2 Å². The number of nitrogens with one attached hydrogen (secondary N) is 2. The maximum atomic E-state index is 10.7. The van der Waals surface area contributed by atoms with Gasteiger partial charge in [-0.3, -0.25) is 4.79 Å². The molecule has 4 heteroatoms. The summed E-state index contributed by atoms with van der Waals surface area (Å²) in [5.74, 6) is -0.0192. The molecule has 3 nitrogen and oxygen atoms in total. The van der Waals surface area contributed by atoms with Gasteiger partial charge in [0, 0.05) is 6.92 Å². The normalized spacial score (nSPS) is 11.8.